The van der Waals surface area contributed by atoms with E-state index in [0.717, 1.165) is 33.6 Å². The van der Waals surface area contributed by atoms with Gasteiger partial charge in [-0.05, 0) is 52.2 Å². The largest absolute Gasteiger partial charge is 0.305 e. The van der Waals surface area contributed by atoms with Crippen LogP contribution in [-0.4, -0.2) is 9.97 Å². The van der Waals surface area contributed by atoms with Crippen LogP contribution in [0.15, 0.2) is 140 Å². The molecule has 0 unspecified atom stereocenters. The zero-order valence-corrected chi connectivity index (χ0v) is 26.9. The second-order valence-electron chi connectivity index (χ2n) is 10.9. The zero-order valence-electron chi connectivity index (χ0n) is 24.5. The predicted molar refractivity (Wildman–Crippen MR) is 174 cm³/mol. The van der Waals surface area contributed by atoms with Gasteiger partial charge in [0.15, 0.2) is 0 Å². The summed E-state index contributed by atoms with van der Waals surface area (Å²) in [6, 6.07) is 49.2. The SMILES string of the molecule is C(#Cc1cc[c-]c(-c2ccccn2)c1)c1ccc(-c2ccccc2)cc1.CC(C)(C)c1c[c-]c(-c2ccccn2)cc1.[Ir]. The first-order valence-corrected chi connectivity index (χ1v) is 14.0. The van der Waals surface area contributed by atoms with Gasteiger partial charge >= 0.3 is 0 Å². The molecule has 0 N–H and O–H groups in total. The van der Waals surface area contributed by atoms with E-state index in [1.54, 1.807) is 12.4 Å². The third-order valence-corrected chi connectivity index (χ3v) is 6.71. The maximum atomic E-state index is 4.37. The number of pyridine rings is 2. The van der Waals surface area contributed by atoms with Crippen LogP contribution in [0.2, 0.25) is 0 Å². The summed E-state index contributed by atoms with van der Waals surface area (Å²) in [5.41, 5.74) is 9.73. The summed E-state index contributed by atoms with van der Waals surface area (Å²) in [6.45, 7) is 6.61. The number of aromatic nitrogens is 2. The van der Waals surface area contributed by atoms with Crippen molar-refractivity contribution in [2.45, 2.75) is 26.2 Å². The van der Waals surface area contributed by atoms with Crippen LogP contribution in [0, 0.1) is 24.0 Å². The Kier molecular flexibility index (Phi) is 11.0. The number of nitrogens with zero attached hydrogens (tertiary/aromatic N) is 2. The first-order chi connectivity index (χ1) is 20.5. The summed E-state index contributed by atoms with van der Waals surface area (Å²) in [6.07, 6.45) is 3.59. The molecular formula is C40H32IrN2-2. The minimum Gasteiger partial charge on any atom is -0.305 e. The fraction of sp³-hybridized carbons (Fsp3) is 0.100. The van der Waals surface area contributed by atoms with Crippen molar-refractivity contribution in [3.05, 3.63) is 169 Å². The van der Waals surface area contributed by atoms with Crippen molar-refractivity contribution in [2.24, 2.45) is 0 Å². The van der Waals surface area contributed by atoms with Gasteiger partial charge in [0.25, 0.3) is 0 Å². The molecule has 213 valence electrons. The van der Waals surface area contributed by atoms with E-state index in [1.165, 1.54) is 16.7 Å². The normalized spacial score (nSPS) is 10.3. The molecule has 43 heavy (non-hydrogen) atoms. The van der Waals surface area contributed by atoms with Crippen LogP contribution in [0.25, 0.3) is 33.6 Å². The number of rotatable bonds is 3. The summed E-state index contributed by atoms with van der Waals surface area (Å²) in [4.78, 5) is 8.68. The van der Waals surface area contributed by atoms with Crippen LogP contribution in [0.5, 0.6) is 0 Å². The smallest absolute Gasteiger partial charge is 0.0248 e. The summed E-state index contributed by atoms with van der Waals surface area (Å²) in [5, 5.41) is 0. The van der Waals surface area contributed by atoms with Crippen LogP contribution in [0.4, 0.5) is 0 Å². The molecule has 0 aliphatic rings. The van der Waals surface area contributed by atoms with Gasteiger partial charge in [-0.1, -0.05) is 105 Å². The number of benzene rings is 4. The van der Waals surface area contributed by atoms with E-state index in [2.05, 4.69) is 121 Å². The Bertz CT molecular complexity index is 1760. The monoisotopic (exact) mass is 733 g/mol. The summed E-state index contributed by atoms with van der Waals surface area (Å²) in [7, 11) is 0. The Morgan fingerprint density at radius 1 is 0.558 bits per heavy atom. The Balaban J connectivity index is 0.000000215. The van der Waals surface area contributed by atoms with Gasteiger partial charge in [0.05, 0.1) is 0 Å². The van der Waals surface area contributed by atoms with E-state index in [0.29, 0.717) is 0 Å². The van der Waals surface area contributed by atoms with Gasteiger partial charge in [-0.25, -0.2) is 0 Å². The van der Waals surface area contributed by atoms with E-state index in [9.17, 15) is 0 Å². The van der Waals surface area contributed by atoms with Crippen LogP contribution in [0.3, 0.4) is 0 Å². The molecule has 0 spiro atoms. The van der Waals surface area contributed by atoms with E-state index < -0.39 is 0 Å². The molecule has 0 fully saturated rings. The van der Waals surface area contributed by atoms with Gasteiger partial charge in [0, 0.05) is 38.1 Å². The molecule has 0 aliphatic heterocycles. The van der Waals surface area contributed by atoms with Gasteiger partial charge in [-0.2, -0.15) is 0 Å². The molecule has 0 aliphatic carbocycles. The Morgan fingerprint density at radius 2 is 1.16 bits per heavy atom. The van der Waals surface area contributed by atoms with Gasteiger partial charge in [0.2, 0.25) is 0 Å². The minimum atomic E-state index is 0. The maximum Gasteiger partial charge on any atom is 0.0248 e. The first kappa shape index (κ1) is 31.3. The van der Waals surface area contributed by atoms with Crippen molar-refractivity contribution >= 4 is 0 Å². The molecule has 0 atom stereocenters. The number of hydrogen-bond donors (Lipinski definition) is 0. The molecule has 0 bridgehead atoms. The summed E-state index contributed by atoms with van der Waals surface area (Å²) in [5.74, 6) is 6.47. The quantitative estimate of drug-likeness (QED) is 0.134. The molecule has 0 saturated carbocycles. The minimum absolute atomic E-state index is 0. The Labute approximate surface area is 269 Å². The molecule has 6 aromatic rings. The predicted octanol–water partition coefficient (Wildman–Crippen LogP) is 9.46. The van der Waals surface area contributed by atoms with Crippen molar-refractivity contribution in [3.8, 4) is 45.5 Å². The van der Waals surface area contributed by atoms with E-state index in [4.69, 9.17) is 0 Å². The molecule has 2 heterocycles. The fourth-order valence-corrected chi connectivity index (χ4v) is 4.31. The summed E-state index contributed by atoms with van der Waals surface area (Å²) < 4.78 is 0. The van der Waals surface area contributed by atoms with Crippen LogP contribution >= 0.6 is 0 Å². The average molecular weight is 733 g/mol. The van der Waals surface area contributed by atoms with Crippen molar-refractivity contribution in [2.75, 3.05) is 0 Å². The maximum absolute atomic E-state index is 4.37. The molecule has 4 aromatic carbocycles. The second kappa shape index (κ2) is 15.0. The average Bonchev–Trinajstić information content (AvgIpc) is 3.05. The van der Waals surface area contributed by atoms with Crippen molar-refractivity contribution in [3.63, 3.8) is 0 Å². The fourth-order valence-electron chi connectivity index (χ4n) is 4.31. The second-order valence-corrected chi connectivity index (χ2v) is 10.9. The number of hydrogen-bond acceptors (Lipinski definition) is 2. The van der Waals surface area contributed by atoms with Crippen LogP contribution in [0.1, 0.15) is 37.5 Å². The third kappa shape index (κ3) is 8.94. The molecule has 0 saturated heterocycles. The van der Waals surface area contributed by atoms with Crippen LogP contribution < -0.4 is 0 Å². The standard InChI is InChI=1S/C25H16N.C15H16N.Ir/c1-2-8-22(9-3-1)23-16-14-20(15-17-23)12-13-21-7-6-10-24(19-21)25-11-4-5-18-26-25;1-15(2,3)13-9-7-12(8-10-13)14-6-4-5-11-16-14;/h1-9,11,14-19H;4-7,9-11H,1-3H3;/q2*-1;. The van der Waals surface area contributed by atoms with Gasteiger partial charge in [0.1, 0.15) is 0 Å². The van der Waals surface area contributed by atoms with Crippen LogP contribution in [-0.2, 0) is 25.5 Å². The van der Waals surface area contributed by atoms with Crippen molar-refractivity contribution in [1.29, 1.82) is 0 Å². The van der Waals surface area contributed by atoms with Gasteiger partial charge < -0.3 is 9.97 Å². The topological polar surface area (TPSA) is 25.8 Å². The van der Waals surface area contributed by atoms with Crippen molar-refractivity contribution in [1.82, 2.24) is 9.97 Å². The Hall–Kier alpha value is -4.61. The molecule has 2 aromatic heterocycles. The Morgan fingerprint density at radius 3 is 1.74 bits per heavy atom. The van der Waals surface area contributed by atoms with Gasteiger partial charge in [-0.15, -0.1) is 65.2 Å². The zero-order chi connectivity index (χ0) is 29.2. The first-order valence-electron chi connectivity index (χ1n) is 14.0. The van der Waals surface area contributed by atoms with Crippen molar-refractivity contribution < 1.29 is 20.1 Å². The van der Waals surface area contributed by atoms with E-state index in [-0.39, 0.29) is 25.5 Å². The molecule has 6 rings (SSSR count). The third-order valence-electron chi connectivity index (χ3n) is 6.71. The molecule has 3 heteroatoms. The summed E-state index contributed by atoms with van der Waals surface area (Å²) >= 11 is 0. The molecule has 1 radical (unpaired) electrons. The molecule has 2 nitrogen and oxygen atoms in total. The van der Waals surface area contributed by atoms with E-state index >= 15 is 0 Å². The van der Waals surface area contributed by atoms with E-state index in [1.807, 2.05) is 60.7 Å². The molecular weight excluding hydrogens is 701 g/mol. The van der Waals surface area contributed by atoms with Gasteiger partial charge in [-0.3, -0.25) is 0 Å². The molecule has 0 amide bonds.